The van der Waals surface area contributed by atoms with E-state index >= 15 is 0 Å². The fourth-order valence-electron chi connectivity index (χ4n) is 3.23. The first-order valence-electron chi connectivity index (χ1n) is 8.02. The molecule has 5 heteroatoms. The Morgan fingerprint density at radius 3 is 2.48 bits per heavy atom. The van der Waals surface area contributed by atoms with Crippen LogP contribution in [0.1, 0.15) is 11.1 Å². The molecule has 0 bridgehead atoms. The van der Waals surface area contributed by atoms with Gasteiger partial charge in [-0.1, -0.05) is 30.3 Å². The van der Waals surface area contributed by atoms with Gasteiger partial charge in [0, 0.05) is 10.9 Å². The molecule has 0 atom stereocenters. The molecule has 4 rings (SSSR count). The monoisotopic (exact) mass is 347 g/mol. The molecule has 0 fully saturated rings. The zero-order chi connectivity index (χ0) is 17.6. The summed E-state index contributed by atoms with van der Waals surface area (Å²) < 4.78 is 2.49. The van der Waals surface area contributed by atoms with Crippen molar-refractivity contribution in [3.63, 3.8) is 0 Å². The van der Waals surface area contributed by atoms with Crippen molar-refractivity contribution in [2.75, 3.05) is 0 Å². The Kier molecular flexibility index (Phi) is 3.66. The topological polar surface area (TPSA) is 53.8 Å². The lowest BCUT2D eigenvalue weighted by molar-refractivity contribution is 0.475. The van der Waals surface area contributed by atoms with E-state index in [2.05, 4.69) is 41.4 Å². The van der Waals surface area contributed by atoms with Crippen molar-refractivity contribution in [3.05, 3.63) is 70.5 Å². The lowest BCUT2D eigenvalue weighted by Gasteiger charge is -2.13. The third-order valence-electron chi connectivity index (χ3n) is 4.48. The predicted molar refractivity (Wildman–Crippen MR) is 103 cm³/mol. The molecular weight excluding hydrogens is 330 g/mol. The van der Waals surface area contributed by atoms with Gasteiger partial charge in [-0.2, -0.15) is 5.10 Å². The van der Waals surface area contributed by atoms with Crippen LogP contribution in [-0.2, 0) is 0 Å². The normalized spacial score (nSPS) is 11.1. The smallest absolute Gasteiger partial charge is 0.200 e. The molecule has 1 heterocycles. The van der Waals surface area contributed by atoms with E-state index in [0.717, 1.165) is 28.0 Å². The van der Waals surface area contributed by atoms with Crippen LogP contribution < -0.4 is 0 Å². The summed E-state index contributed by atoms with van der Waals surface area (Å²) in [7, 11) is 0. The Bertz CT molecular complexity index is 1160. The van der Waals surface area contributed by atoms with Crippen molar-refractivity contribution in [1.29, 1.82) is 0 Å². The maximum atomic E-state index is 9.69. The molecule has 0 spiro atoms. The van der Waals surface area contributed by atoms with Gasteiger partial charge in [0.2, 0.25) is 0 Å². The molecule has 1 aromatic heterocycles. The molecule has 0 amide bonds. The first kappa shape index (κ1) is 15.6. The fourth-order valence-corrected chi connectivity index (χ4v) is 3.46. The highest BCUT2D eigenvalue weighted by Crippen LogP contribution is 2.31. The number of aromatic nitrogens is 3. The van der Waals surface area contributed by atoms with E-state index in [1.807, 2.05) is 29.7 Å². The van der Waals surface area contributed by atoms with Crippen molar-refractivity contribution >= 4 is 23.0 Å². The highest BCUT2D eigenvalue weighted by molar-refractivity contribution is 7.71. The number of fused-ring (bicyclic) bond motifs is 1. The Morgan fingerprint density at radius 1 is 0.960 bits per heavy atom. The number of hydrogen-bond acceptors (Lipinski definition) is 3. The maximum Gasteiger partial charge on any atom is 0.200 e. The Hall–Kier alpha value is -2.92. The van der Waals surface area contributed by atoms with Crippen LogP contribution in [0.2, 0.25) is 0 Å². The SMILES string of the molecule is Cc1cc(O)ccc1-c1n[nH]c(=S)n1-c1ccc(C)c2ccccc12. The van der Waals surface area contributed by atoms with Crippen LogP contribution in [-0.4, -0.2) is 19.9 Å². The van der Waals surface area contributed by atoms with Gasteiger partial charge in [0.05, 0.1) is 5.69 Å². The minimum Gasteiger partial charge on any atom is -0.508 e. The number of hydrogen-bond donors (Lipinski definition) is 2. The summed E-state index contributed by atoms with van der Waals surface area (Å²) in [4.78, 5) is 0. The maximum absolute atomic E-state index is 9.69. The van der Waals surface area contributed by atoms with E-state index in [1.165, 1.54) is 10.9 Å². The van der Waals surface area contributed by atoms with Crippen LogP contribution in [0.4, 0.5) is 0 Å². The average Bonchev–Trinajstić information content (AvgIpc) is 2.97. The minimum absolute atomic E-state index is 0.239. The van der Waals surface area contributed by atoms with Crippen molar-refractivity contribution in [3.8, 4) is 22.8 Å². The van der Waals surface area contributed by atoms with Crippen molar-refractivity contribution in [2.24, 2.45) is 0 Å². The van der Waals surface area contributed by atoms with Gasteiger partial charge in [-0.3, -0.25) is 9.67 Å². The second-order valence-electron chi connectivity index (χ2n) is 6.13. The van der Waals surface area contributed by atoms with Gasteiger partial charge in [-0.05, 0) is 66.8 Å². The number of nitrogens with one attached hydrogen (secondary N) is 1. The van der Waals surface area contributed by atoms with Gasteiger partial charge < -0.3 is 5.11 Å². The number of aromatic hydroxyl groups is 1. The van der Waals surface area contributed by atoms with E-state index in [-0.39, 0.29) is 5.75 Å². The van der Waals surface area contributed by atoms with E-state index in [4.69, 9.17) is 12.2 Å². The van der Waals surface area contributed by atoms with Crippen LogP contribution in [0.5, 0.6) is 5.75 Å². The molecular formula is C20H17N3OS. The van der Waals surface area contributed by atoms with Gasteiger partial charge in [-0.25, -0.2) is 0 Å². The summed E-state index contributed by atoms with van der Waals surface area (Å²) in [5.41, 5.74) is 4.07. The fraction of sp³-hybridized carbons (Fsp3) is 0.100. The standard InChI is InChI=1S/C20H17N3OS/c1-12-7-10-18(17-6-4-3-5-15(12)17)23-19(21-22-20(23)25)16-9-8-14(24)11-13(16)2/h3-11,24H,1-2H3,(H,22,25). The highest BCUT2D eigenvalue weighted by Gasteiger charge is 2.15. The summed E-state index contributed by atoms with van der Waals surface area (Å²) >= 11 is 5.52. The van der Waals surface area contributed by atoms with Crippen LogP contribution in [0.25, 0.3) is 27.8 Å². The molecule has 0 unspecified atom stereocenters. The molecule has 4 aromatic rings. The van der Waals surface area contributed by atoms with Crippen LogP contribution in [0.15, 0.2) is 54.6 Å². The van der Waals surface area contributed by atoms with E-state index in [9.17, 15) is 5.11 Å². The van der Waals surface area contributed by atoms with Gasteiger partial charge in [0.15, 0.2) is 10.6 Å². The van der Waals surface area contributed by atoms with Gasteiger partial charge in [-0.15, -0.1) is 0 Å². The van der Waals surface area contributed by atoms with E-state index in [0.29, 0.717) is 4.77 Å². The van der Waals surface area contributed by atoms with Crippen molar-refractivity contribution < 1.29 is 5.11 Å². The van der Waals surface area contributed by atoms with Crippen LogP contribution >= 0.6 is 12.2 Å². The van der Waals surface area contributed by atoms with Crippen molar-refractivity contribution in [1.82, 2.24) is 14.8 Å². The molecule has 0 saturated carbocycles. The summed E-state index contributed by atoms with van der Waals surface area (Å²) in [6.45, 7) is 4.05. The van der Waals surface area contributed by atoms with E-state index < -0.39 is 0 Å². The number of phenols is 1. The first-order chi connectivity index (χ1) is 12.1. The predicted octanol–water partition coefficient (Wildman–Crippen LogP) is 5.07. The van der Waals surface area contributed by atoms with E-state index in [1.54, 1.807) is 12.1 Å². The summed E-state index contributed by atoms with van der Waals surface area (Å²) in [5, 5.41) is 19.4. The van der Waals surface area contributed by atoms with Gasteiger partial charge in [0.1, 0.15) is 5.75 Å². The first-order valence-corrected chi connectivity index (χ1v) is 8.43. The number of benzene rings is 3. The quantitative estimate of drug-likeness (QED) is 0.498. The molecule has 4 nitrogen and oxygen atoms in total. The zero-order valence-corrected chi connectivity index (χ0v) is 14.8. The molecule has 0 aliphatic carbocycles. The van der Waals surface area contributed by atoms with Crippen LogP contribution in [0.3, 0.4) is 0 Å². The molecule has 2 N–H and O–H groups in total. The molecule has 3 aromatic carbocycles. The third-order valence-corrected chi connectivity index (χ3v) is 4.76. The second-order valence-corrected chi connectivity index (χ2v) is 6.52. The number of H-pyrrole nitrogens is 1. The molecule has 0 aliphatic rings. The lowest BCUT2D eigenvalue weighted by Crippen LogP contribution is -2.00. The molecule has 0 radical (unpaired) electrons. The minimum atomic E-state index is 0.239. The lowest BCUT2D eigenvalue weighted by atomic mass is 10.0. The Morgan fingerprint density at radius 2 is 1.72 bits per heavy atom. The molecule has 0 aliphatic heterocycles. The summed E-state index contributed by atoms with van der Waals surface area (Å²) in [6, 6.07) is 17.7. The van der Waals surface area contributed by atoms with Crippen LogP contribution in [0, 0.1) is 18.6 Å². The Balaban J connectivity index is 2.04. The van der Waals surface area contributed by atoms with Gasteiger partial charge >= 0.3 is 0 Å². The largest absolute Gasteiger partial charge is 0.508 e. The average molecular weight is 347 g/mol. The number of phenolic OH excluding ortho intramolecular Hbond substituents is 1. The molecule has 124 valence electrons. The third kappa shape index (κ3) is 2.53. The zero-order valence-electron chi connectivity index (χ0n) is 13.9. The summed E-state index contributed by atoms with van der Waals surface area (Å²) in [5.74, 6) is 0.972. The Labute approximate surface area is 150 Å². The highest BCUT2D eigenvalue weighted by atomic mass is 32.1. The summed E-state index contributed by atoms with van der Waals surface area (Å²) in [6.07, 6.45) is 0. The number of nitrogens with zero attached hydrogens (tertiary/aromatic N) is 2. The number of rotatable bonds is 2. The second kappa shape index (κ2) is 5.86. The van der Waals surface area contributed by atoms with Gasteiger partial charge in [0.25, 0.3) is 0 Å². The molecule has 0 saturated heterocycles. The van der Waals surface area contributed by atoms with Crippen molar-refractivity contribution in [2.45, 2.75) is 13.8 Å². The number of aromatic amines is 1. The molecule has 25 heavy (non-hydrogen) atoms. The number of aryl methyl sites for hydroxylation is 2.